The molecule has 0 spiro atoms. The van der Waals surface area contributed by atoms with Crippen molar-refractivity contribution in [1.29, 1.82) is 0 Å². The van der Waals surface area contributed by atoms with Gasteiger partial charge in [-0.1, -0.05) is 12.1 Å². The summed E-state index contributed by atoms with van der Waals surface area (Å²) in [5, 5.41) is 1.24. The van der Waals surface area contributed by atoms with Crippen molar-refractivity contribution in [3.05, 3.63) is 54.7 Å². The molecular formula is C13H8NS. The fraction of sp³-hybridized carbons (Fsp3) is 0. The van der Waals surface area contributed by atoms with Crippen LogP contribution in [0.25, 0.3) is 20.7 Å². The van der Waals surface area contributed by atoms with Crippen LogP contribution in [0.5, 0.6) is 0 Å². The third-order valence-electron chi connectivity index (χ3n) is 2.28. The van der Waals surface area contributed by atoms with Gasteiger partial charge in [-0.15, -0.1) is 11.3 Å². The average molecular weight is 210 g/mol. The highest BCUT2D eigenvalue weighted by Gasteiger charge is 2.03. The summed E-state index contributed by atoms with van der Waals surface area (Å²) in [5.41, 5.74) is 1.04. The zero-order chi connectivity index (χ0) is 10.1. The summed E-state index contributed by atoms with van der Waals surface area (Å²) >= 11 is 1.77. The number of hydrogen-bond donors (Lipinski definition) is 0. The van der Waals surface area contributed by atoms with Crippen LogP contribution in [0.1, 0.15) is 0 Å². The maximum atomic E-state index is 4.34. The normalized spacial score (nSPS) is 10.7. The van der Waals surface area contributed by atoms with Crippen molar-refractivity contribution < 1.29 is 0 Å². The lowest BCUT2D eigenvalue weighted by molar-refractivity contribution is 1.34. The molecule has 0 saturated carbocycles. The van der Waals surface area contributed by atoms with E-state index in [-0.39, 0.29) is 0 Å². The first-order chi connectivity index (χ1) is 7.43. The predicted octanol–water partition coefficient (Wildman–Crippen LogP) is 3.76. The van der Waals surface area contributed by atoms with E-state index in [1.165, 1.54) is 15.0 Å². The molecule has 0 fully saturated rings. The van der Waals surface area contributed by atoms with Crippen LogP contribution in [0.4, 0.5) is 0 Å². The number of fused-ring (bicyclic) bond motifs is 1. The van der Waals surface area contributed by atoms with E-state index >= 15 is 0 Å². The Labute approximate surface area is 92.0 Å². The SMILES string of the molecule is [c]1ccc2sc(-c3ccccn3)cc2c1. The Morgan fingerprint density at radius 1 is 1.20 bits per heavy atom. The Balaban J connectivity index is 2.21. The maximum absolute atomic E-state index is 4.34. The molecule has 2 heterocycles. The first kappa shape index (κ1) is 8.62. The van der Waals surface area contributed by atoms with E-state index in [0.29, 0.717) is 0 Å². The Morgan fingerprint density at radius 2 is 2.20 bits per heavy atom. The Morgan fingerprint density at radius 3 is 3.00 bits per heavy atom. The van der Waals surface area contributed by atoms with Gasteiger partial charge in [0.15, 0.2) is 0 Å². The van der Waals surface area contributed by atoms with E-state index in [2.05, 4.69) is 23.2 Å². The molecule has 1 aromatic carbocycles. The molecule has 2 aromatic heterocycles. The minimum atomic E-state index is 1.04. The van der Waals surface area contributed by atoms with Crippen LogP contribution >= 0.6 is 11.3 Å². The van der Waals surface area contributed by atoms with Crippen molar-refractivity contribution in [2.75, 3.05) is 0 Å². The molecule has 0 aliphatic carbocycles. The van der Waals surface area contributed by atoms with E-state index in [1.54, 1.807) is 11.3 Å². The first-order valence-corrected chi connectivity index (χ1v) is 5.56. The highest BCUT2D eigenvalue weighted by Crippen LogP contribution is 2.31. The summed E-state index contributed by atoms with van der Waals surface area (Å²) in [7, 11) is 0. The van der Waals surface area contributed by atoms with Crippen molar-refractivity contribution in [2.24, 2.45) is 0 Å². The largest absolute Gasteiger partial charge is 0.255 e. The third-order valence-corrected chi connectivity index (χ3v) is 3.42. The molecule has 15 heavy (non-hydrogen) atoms. The second kappa shape index (κ2) is 3.48. The quantitative estimate of drug-likeness (QED) is 0.596. The third kappa shape index (κ3) is 1.53. The molecule has 0 aliphatic heterocycles. The molecule has 0 bridgehead atoms. The molecule has 0 saturated heterocycles. The molecule has 0 atom stereocenters. The van der Waals surface area contributed by atoms with Gasteiger partial charge in [-0.05, 0) is 41.8 Å². The van der Waals surface area contributed by atoms with E-state index in [1.807, 2.05) is 36.5 Å². The molecule has 2 heteroatoms. The average Bonchev–Trinajstić information content (AvgIpc) is 2.74. The van der Waals surface area contributed by atoms with Crippen molar-refractivity contribution in [3.63, 3.8) is 0 Å². The summed E-state index contributed by atoms with van der Waals surface area (Å²) in [6.07, 6.45) is 1.83. The lowest BCUT2D eigenvalue weighted by Gasteiger charge is -1.92. The molecular weight excluding hydrogens is 202 g/mol. The second-order valence-electron chi connectivity index (χ2n) is 3.29. The summed E-state index contributed by atoms with van der Waals surface area (Å²) in [6, 6.07) is 17.3. The number of nitrogens with zero attached hydrogens (tertiary/aromatic N) is 1. The van der Waals surface area contributed by atoms with Crippen LogP contribution in [0.2, 0.25) is 0 Å². The molecule has 0 unspecified atom stereocenters. The van der Waals surface area contributed by atoms with Crippen LogP contribution < -0.4 is 0 Å². The van der Waals surface area contributed by atoms with Gasteiger partial charge in [-0.2, -0.15) is 0 Å². The van der Waals surface area contributed by atoms with E-state index in [4.69, 9.17) is 0 Å². The van der Waals surface area contributed by atoms with E-state index < -0.39 is 0 Å². The first-order valence-electron chi connectivity index (χ1n) is 4.74. The van der Waals surface area contributed by atoms with Crippen molar-refractivity contribution in [1.82, 2.24) is 4.98 Å². The van der Waals surface area contributed by atoms with Crippen molar-refractivity contribution >= 4 is 21.4 Å². The number of thiophene rings is 1. The summed E-state index contributed by atoms with van der Waals surface area (Å²) in [5.74, 6) is 0. The highest BCUT2D eigenvalue weighted by molar-refractivity contribution is 7.22. The highest BCUT2D eigenvalue weighted by atomic mass is 32.1. The molecule has 1 nitrogen and oxygen atoms in total. The summed E-state index contributed by atoms with van der Waals surface area (Å²) in [4.78, 5) is 5.56. The zero-order valence-electron chi connectivity index (χ0n) is 7.97. The number of aromatic nitrogens is 1. The number of pyridine rings is 1. The fourth-order valence-corrected chi connectivity index (χ4v) is 2.58. The Bertz CT molecular complexity index is 551. The molecule has 0 aliphatic rings. The van der Waals surface area contributed by atoms with Gasteiger partial charge in [-0.3, -0.25) is 4.98 Å². The fourth-order valence-electron chi connectivity index (χ4n) is 1.56. The lowest BCUT2D eigenvalue weighted by atomic mass is 10.2. The second-order valence-corrected chi connectivity index (χ2v) is 4.37. The van der Waals surface area contributed by atoms with Crippen LogP contribution in [0.3, 0.4) is 0 Å². The van der Waals surface area contributed by atoms with Crippen molar-refractivity contribution in [3.8, 4) is 10.6 Å². The number of benzene rings is 1. The van der Waals surface area contributed by atoms with Crippen LogP contribution in [0, 0.1) is 6.07 Å². The molecule has 0 N–H and O–H groups in total. The smallest absolute Gasteiger partial charge is 0.0802 e. The molecule has 1 radical (unpaired) electrons. The van der Waals surface area contributed by atoms with E-state index in [9.17, 15) is 0 Å². The van der Waals surface area contributed by atoms with Crippen molar-refractivity contribution in [2.45, 2.75) is 0 Å². The van der Waals surface area contributed by atoms with Crippen LogP contribution in [-0.2, 0) is 0 Å². The lowest BCUT2D eigenvalue weighted by Crippen LogP contribution is -1.75. The molecule has 3 rings (SSSR count). The number of rotatable bonds is 1. The van der Waals surface area contributed by atoms with E-state index in [0.717, 1.165) is 5.69 Å². The minimum absolute atomic E-state index is 1.04. The zero-order valence-corrected chi connectivity index (χ0v) is 8.79. The summed E-state index contributed by atoms with van der Waals surface area (Å²) in [6.45, 7) is 0. The number of hydrogen-bond acceptors (Lipinski definition) is 2. The van der Waals surface area contributed by atoms with Gasteiger partial charge < -0.3 is 0 Å². The molecule has 3 aromatic rings. The maximum Gasteiger partial charge on any atom is 0.0802 e. The molecule has 71 valence electrons. The van der Waals surface area contributed by atoms with Gasteiger partial charge in [-0.25, -0.2) is 0 Å². The van der Waals surface area contributed by atoms with Gasteiger partial charge in [0.25, 0.3) is 0 Å². The van der Waals surface area contributed by atoms with Gasteiger partial charge in [0.2, 0.25) is 0 Å². The molecule has 0 amide bonds. The summed E-state index contributed by atoms with van der Waals surface area (Å²) < 4.78 is 1.29. The van der Waals surface area contributed by atoms with Crippen LogP contribution in [-0.4, -0.2) is 4.98 Å². The van der Waals surface area contributed by atoms with Gasteiger partial charge in [0.1, 0.15) is 0 Å². The topological polar surface area (TPSA) is 12.9 Å². The Hall–Kier alpha value is -1.67. The van der Waals surface area contributed by atoms with Crippen LogP contribution in [0.15, 0.2) is 48.7 Å². The van der Waals surface area contributed by atoms with Gasteiger partial charge in [0, 0.05) is 10.9 Å². The minimum Gasteiger partial charge on any atom is -0.255 e. The standard InChI is InChI=1S/C13H8NS/c1-2-7-12-10(5-1)9-13(15-12)11-6-3-4-8-14-11/h2-9H. The Kier molecular flexibility index (Phi) is 2.00. The predicted molar refractivity (Wildman–Crippen MR) is 63.9 cm³/mol. The monoisotopic (exact) mass is 210 g/mol. The van der Waals surface area contributed by atoms with Gasteiger partial charge >= 0.3 is 0 Å². The van der Waals surface area contributed by atoms with Gasteiger partial charge in [0.05, 0.1) is 10.6 Å².